The summed E-state index contributed by atoms with van der Waals surface area (Å²) in [5, 5.41) is 13.2. The molecule has 0 spiro atoms. The molecule has 1 aromatic rings. The maximum atomic E-state index is 9.91. The highest BCUT2D eigenvalue weighted by Crippen LogP contribution is 2.31. The minimum Gasteiger partial charge on any atom is -0.389 e. The van der Waals surface area contributed by atoms with Crippen molar-refractivity contribution in [2.45, 2.75) is 37.8 Å². The van der Waals surface area contributed by atoms with E-state index in [2.05, 4.69) is 15.3 Å². The molecule has 1 heterocycles. The molecule has 0 aliphatic heterocycles. The molecular formula is C11H17N3O. The van der Waals surface area contributed by atoms with Gasteiger partial charge in [-0.15, -0.1) is 0 Å². The number of aliphatic hydroxyl groups is 1. The summed E-state index contributed by atoms with van der Waals surface area (Å²) >= 11 is 0. The first kappa shape index (κ1) is 10.5. The Kier molecular flexibility index (Phi) is 2.98. The van der Waals surface area contributed by atoms with Gasteiger partial charge in [0.1, 0.15) is 0 Å². The third-order valence-electron chi connectivity index (χ3n) is 3.05. The molecule has 0 aromatic carbocycles. The number of hydrogen-bond acceptors (Lipinski definition) is 4. The number of nitrogens with one attached hydrogen (secondary N) is 1. The van der Waals surface area contributed by atoms with Crippen molar-refractivity contribution in [3.05, 3.63) is 24.3 Å². The minimum absolute atomic E-state index is 0.142. The lowest BCUT2D eigenvalue weighted by Crippen LogP contribution is -2.46. The SMILES string of the molecule is CC(NCC1(O)CCC1)c1cnccn1. The fourth-order valence-electron chi connectivity index (χ4n) is 1.74. The smallest absolute Gasteiger partial charge is 0.0771 e. The normalized spacial score (nSPS) is 20.7. The van der Waals surface area contributed by atoms with Crippen LogP contribution in [0.4, 0.5) is 0 Å². The Labute approximate surface area is 89.8 Å². The highest BCUT2D eigenvalue weighted by Gasteiger charge is 2.34. The van der Waals surface area contributed by atoms with Crippen LogP contribution in [0.3, 0.4) is 0 Å². The summed E-state index contributed by atoms with van der Waals surface area (Å²) in [5.41, 5.74) is 0.441. The van der Waals surface area contributed by atoms with Crippen LogP contribution in [-0.2, 0) is 0 Å². The summed E-state index contributed by atoms with van der Waals surface area (Å²) in [6.45, 7) is 2.68. The molecule has 1 fully saturated rings. The molecule has 1 atom stereocenters. The third kappa shape index (κ3) is 2.52. The zero-order valence-corrected chi connectivity index (χ0v) is 8.98. The van der Waals surface area contributed by atoms with Crippen molar-refractivity contribution in [3.8, 4) is 0 Å². The molecule has 4 heteroatoms. The first-order valence-electron chi connectivity index (χ1n) is 5.41. The van der Waals surface area contributed by atoms with Gasteiger partial charge in [0.15, 0.2) is 0 Å². The zero-order chi connectivity index (χ0) is 10.7. The van der Waals surface area contributed by atoms with Crippen LogP contribution >= 0.6 is 0 Å². The van der Waals surface area contributed by atoms with Crippen molar-refractivity contribution in [1.29, 1.82) is 0 Å². The van der Waals surface area contributed by atoms with Crippen LogP contribution in [0.5, 0.6) is 0 Å². The van der Waals surface area contributed by atoms with E-state index >= 15 is 0 Å². The van der Waals surface area contributed by atoms with Gasteiger partial charge in [0.2, 0.25) is 0 Å². The maximum absolute atomic E-state index is 9.91. The lowest BCUT2D eigenvalue weighted by molar-refractivity contribution is -0.0330. The quantitative estimate of drug-likeness (QED) is 0.774. The van der Waals surface area contributed by atoms with Crippen molar-refractivity contribution in [1.82, 2.24) is 15.3 Å². The summed E-state index contributed by atoms with van der Waals surface area (Å²) in [6, 6.07) is 0.142. The zero-order valence-electron chi connectivity index (χ0n) is 8.98. The van der Waals surface area contributed by atoms with Gasteiger partial charge in [-0.3, -0.25) is 9.97 Å². The highest BCUT2D eigenvalue weighted by atomic mass is 16.3. The third-order valence-corrected chi connectivity index (χ3v) is 3.05. The monoisotopic (exact) mass is 207 g/mol. The molecule has 0 saturated heterocycles. The standard InChI is InChI=1S/C11H17N3O/c1-9(10-7-12-5-6-13-10)14-8-11(15)3-2-4-11/h5-7,9,14-15H,2-4,8H2,1H3. The van der Waals surface area contributed by atoms with E-state index in [0.29, 0.717) is 6.54 Å². The Morgan fingerprint density at radius 1 is 1.53 bits per heavy atom. The number of nitrogens with zero attached hydrogens (tertiary/aromatic N) is 2. The van der Waals surface area contributed by atoms with Gasteiger partial charge in [-0.2, -0.15) is 0 Å². The number of aromatic nitrogens is 2. The molecule has 0 amide bonds. The minimum atomic E-state index is -0.476. The van der Waals surface area contributed by atoms with Gasteiger partial charge in [-0.1, -0.05) is 0 Å². The second-order valence-corrected chi connectivity index (χ2v) is 4.31. The van der Waals surface area contributed by atoms with Gasteiger partial charge >= 0.3 is 0 Å². The van der Waals surface area contributed by atoms with Crippen molar-refractivity contribution in [3.63, 3.8) is 0 Å². The molecule has 1 unspecified atom stereocenters. The van der Waals surface area contributed by atoms with Gasteiger partial charge in [0.05, 0.1) is 11.3 Å². The largest absolute Gasteiger partial charge is 0.389 e. The van der Waals surface area contributed by atoms with E-state index in [1.54, 1.807) is 18.6 Å². The van der Waals surface area contributed by atoms with Crippen LogP contribution < -0.4 is 5.32 Å². The van der Waals surface area contributed by atoms with Gasteiger partial charge in [-0.25, -0.2) is 0 Å². The predicted octanol–water partition coefficient (Wildman–Crippen LogP) is 1.04. The Morgan fingerprint density at radius 2 is 2.33 bits per heavy atom. The molecule has 1 aliphatic carbocycles. The lowest BCUT2D eigenvalue weighted by Gasteiger charge is -2.37. The molecule has 4 nitrogen and oxygen atoms in total. The van der Waals surface area contributed by atoms with Gasteiger partial charge in [-0.05, 0) is 26.2 Å². The van der Waals surface area contributed by atoms with Crippen LogP contribution in [-0.4, -0.2) is 27.2 Å². The summed E-state index contributed by atoms with van der Waals surface area (Å²) in [4.78, 5) is 8.24. The Bertz CT molecular complexity index is 311. The van der Waals surface area contributed by atoms with E-state index in [-0.39, 0.29) is 6.04 Å². The van der Waals surface area contributed by atoms with Crippen molar-refractivity contribution >= 4 is 0 Å². The summed E-state index contributed by atoms with van der Waals surface area (Å²) in [5.74, 6) is 0. The molecule has 1 saturated carbocycles. The van der Waals surface area contributed by atoms with E-state index in [9.17, 15) is 5.11 Å². The van der Waals surface area contributed by atoms with Gasteiger partial charge < -0.3 is 10.4 Å². The Balaban J connectivity index is 1.85. The van der Waals surface area contributed by atoms with Crippen molar-refractivity contribution in [2.75, 3.05) is 6.54 Å². The van der Waals surface area contributed by atoms with Crippen molar-refractivity contribution < 1.29 is 5.11 Å². The van der Waals surface area contributed by atoms with Crippen LogP contribution in [0.15, 0.2) is 18.6 Å². The van der Waals surface area contributed by atoms with Crippen LogP contribution in [0.2, 0.25) is 0 Å². The topological polar surface area (TPSA) is 58.0 Å². The summed E-state index contributed by atoms with van der Waals surface area (Å²) in [7, 11) is 0. The van der Waals surface area contributed by atoms with Crippen molar-refractivity contribution in [2.24, 2.45) is 0 Å². The highest BCUT2D eigenvalue weighted by molar-refractivity contribution is 5.01. The van der Waals surface area contributed by atoms with E-state index in [4.69, 9.17) is 0 Å². The van der Waals surface area contributed by atoms with E-state index in [1.165, 1.54) is 0 Å². The van der Waals surface area contributed by atoms with E-state index in [1.807, 2.05) is 6.92 Å². The second kappa shape index (κ2) is 4.24. The van der Waals surface area contributed by atoms with Gasteiger partial charge in [0, 0.05) is 31.2 Å². The first-order chi connectivity index (χ1) is 7.20. The number of rotatable bonds is 4. The van der Waals surface area contributed by atoms with Crippen LogP contribution in [0.25, 0.3) is 0 Å². The van der Waals surface area contributed by atoms with Crippen LogP contribution in [0.1, 0.15) is 37.9 Å². The fourth-order valence-corrected chi connectivity index (χ4v) is 1.74. The molecule has 0 radical (unpaired) electrons. The lowest BCUT2D eigenvalue weighted by atomic mass is 9.80. The summed E-state index contributed by atoms with van der Waals surface area (Å²) < 4.78 is 0. The van der Waals surface area contributed by atoms with E-state index in [0.717, 1.165) is 25.0 Å². The molecule has 0 bridgehead atoms. The molecule has 2 rings (SSSR count). The predicted molar refractivity (Wildman–Crippen MR) is 57.3 cm³/mol. The fraction of sp³-hybridized carbons (Fsp3) is 0.636. The maximum Gasteiger partial charge on any atom is 0.0771 e. The van der Waals surface area contributed by atoms with Gasteiger partial charge in [0.25, 0.3) is 0 Å². The summed E-state index contributed by atoms with van der Waals surface area (Å²) in [6.07, 6.45) is 8.06. The Hall–Kier alpha value is -1.00. The molecule has 1 aromatic heterocycles. The molecule has 82 valence electrons. The number of hydrogen-bond donors (Lipinski definition) is 2. The average molecular weight is 207 g/mol. The molecular weight excluding hydrogens is 190 g/mol. The molecule has 15 heavy (non-hydrogen) atoms. The average Bonchev–Trinajstić information content (AvgIpc) is 2.24. The molecule has 1 aliphatic rings. The first-order valence-corrected chi connectivity index (χ1v) is 5.41. The second-order valence-electron chi connectivity index (χ2n) is 4.31. The van der Waals surface area contributed by atoms with Crippen LogP contribution in [0, 0.1) is 0 Å². The molecule has 2 N–H and O–H groups in total. The Morgan fingerprint density at radius 3 is 2.87 bits per heavy atom. The van der Waals surface area contributed by atoms with E-state index < -0.39 is 5.60 Å².